The molecule has 0 saturated carbocycles. The zero-order valence-corrected chi connectivity index (χ0v) is 14.1. The Labute approximate surface area is 133 Å². The Kier molecular flexibility index (Phi) is 5.80. The van der Waals surface area contributed by atoms with Gasteiger partial charge in [-0.25, -0.2) is 0 Å². The largest absolute Gasteiger partial charge is 0.492 e. The van der Waals surface area contributed by atoms with Crippen molar-refractivity contribution in [1.82, 2.24) is 9.80 Å². The highest BCUT2D eigenvalue weighted by Crippen LogP contribution is 2.27. The number of hydrogen-bond donors (Lipinski definition) is 0. The van der Waals surface area contributed by atoms with Crippen molar-refractivity contribution in [2.75, 3.05) is 65.4 Å². The maximum Gasteiger partial charge on any atom is 0.161 e. The SMILES string of the molecule is CC(=O)c1ccc(OCCN(C)C)cc1N1CCN(C)CC1. The molecule has 0 aliphatic carbocycles. The van der Waals surface area contributed by atoms with E-state index in [9.17, 15) is 4.79 Å². The van der Waals surface area contributed by atoms with Crippen LogP contribution in [0, 0.1) is 0 Å². The van der Waals surface area contributed by atoms with Gasteiger partial charge in [0, 0.05) is 44.4 Å². The molecule has 2 rings (SSSR count). The molecule has 0 radical (unpaired) electrons. The molecular weight excluding hydrogens is 278 g/mol. The van der Waals surface area contributed by atoms with E-state index in [2.05, 4.69) is 21.7 Å². The van der Waals surface area contributed by atoms with Gasteiger partial charge >= 0.3 is 0 Å². The number of anilines is 1. The van der Waals surface area contributed by atoms with Crippen LogP contribution >= 0.6 is 0 Å². The van der Waals surface area contributed by atoms with Gasteiger partial charge in [0.05, 0.1) is 5.69 Å². The van der Waals surface area contributed by atoms with Crippen molar-refractivity contribution in [2.45, 2.75) is 6.92 Å². The normalized spacial score (nSPS) is 16.1. The number of carbonyl (C=O) groups excluding carboxylic acids is 1. The van der Waals surface area contributed by atoms with Gasteiger partial charge < -0.3 is 19.4 Å². The number of rotatable bonds is 6. The van der Waals surface area contributed by atoms with Crippen molar-refractivity contribution in [3.8, 4) is 5.75 Å². The third-order valence-electron chi connectivity index (χ3n) is 4.00. The quantitative estimate of drug-likeness (QED) is 0.746. The number of ketones is 1. The summed E-state index contributed by atoms with van der Waals surface area (Å²) in [6.07, 6.45) is 0. The molecule has 1 aromatic rings. The number of ether oxygens (including phenoxy) is 1. The summed E-state index contributed by atoms with van der Waals surface area (Å²) in [6.45, 7) is 7.07. The molecule has 0 aromatic heterocycles. The number of nitrogens with zero attached hydrogens (tertiary/aromatic N) is 3. The first-order valence-electron chi connectivity index (χ1n) is 7.83. The van der Waals surface area contributed by atoms with Gasteiger partial charge in [0.1, 0.15) is 12.4 Å². The van der Waals surface area contributed by atoms with Crippen LogP contribution in [-0.4, -0.2) is 76.1 Å². The number of Topliss-reactive ketones (excluding diaryl/α,β-unsaturated/α-hetero) is 1. The molecule has 0 N–H and O–H groups in total. The summed E-state index contributed by atoms with van der Waals surface area (Å²) in [7, 11) is 6.18. The second-order valence-electron chi connectivity index (χ2n) is 6.18. The van der Waals surface area contributed by atoms with Crippen molar-refractivity contribution in [1.29, 1.82) is 0 Å². The van der Waals surface area contributed by atoms with Crippen LogP contribution in [0.2, 0.25) is 0 Å². The van der Waals surface area contributed by atoms with Crippen LogP contribution in [0.5, 0.6) is 5.75 Å². The number of hydrogen-bond acceptors (Lipinski definition) is 5. The fraction of sp³-hybridized carbons (Fsp3) is 0.588. The zero-order valence-electron chi connectivity index (χ0n) is 14.1. The minimum Gasteiger partial charge on any atom is -0.492 e. The van der Waals surface area contributed by atoms with E-state index in [4.69, 9.17) is 4.74 Å². The minimum absolute atomic E-state index is 0.105. The van der Waals surface area contributed by atoms with E-state index in [1.165, 1.54) is 0 Å². The second kappa shape index (κ2) is 7.61. The number of carbonyl (C=O) groups is 1. The van der Waals surface area contributed by atoms with Crippen LogP contribution in [0.15, 0.2) is 18.2 Å². The molecule has 0 unspecified atom stereocenters. The van der Waals surface area contributed by atoms with E-state index in [0.29, 0.717) is 6.61 Å². The van der Waals surface area contributed by atoms with Gasteiger partial charge in [0.2, 0.25) is 0 Å². The van der Waals surface area contributed by atoms with E-state index in [1.54, 1.807) is 6.92 Å². The lowest BCUT2D eigenvalue weighted by Gasteiger charge is -2.35. The Morgan fingerprint density at radius 1 is 1.23 bits per heavy atom. The second-order valence-corrected chi connectivity index (χ2v) is 6.18. The van der Waals surface area contributed by atoms with Crippen molar-refractivity contribution in [3.05, 3.63) is 23.8 Å². The van der Waals surface area contributed by atoms with Crippen LogP contribution in [0.3, 0.4) is 0 Å². The maximum atomic E-state index is 11.9. The third-order valence-corrected chi connectivity index (χ3v) is 4.00. The molecule has 1 fully saturated rings. The number of piperazine rings is 1. The molecule has 1 aliphatic rings. The molecule has 1 saturated heterocycles. The fourth-order valence-electron chi connectivity index (χ4n) is 2.55. The van der Waals surface area contributed by atoms with E-state index >= 15 is 0 Å². The van der Waals surface area contributed by atoms with Gasteiger partial charge in [-0.2, -0.15) is 0 Å². The van der Waals surface area contributed by atoms with E-state index < -0.39 is 0 Å². The summed E-state index contributed by atoms with van der Waals surface area (Å²) in [5.41, 5.74) is 1.78. The third kappa shape index (κ3) is 4.45. The number of likely N-dealkylation sites (N-methyl/N-ethyl adjacent to an activating group) is 2. The van der Waals surface area contributed by atoms with E-state index in [0.717, 1.165) is 49.7 Å². The van der Waals surface area contributed by atoms with Crippen LogP contribution in [0.4, 0.5) is 5.69 Å². The molecule has 0 atom stereocenters. The lowest BCUT2D eigenvalue weighted by Crippen LogP contribution is -2.45. The highest BCUT2D eigenvalue weighted by atomic mass is 16.5. The summed E-state index contributed by atoms with van der Waals surface area (Å²) >= 11 is 0. The van der Waals surface area contributed by atoms with E-state index in [1.807, 2.05) is 32.3 Å². The number of benzene rings is 1. The van der Waals surface area contributed by atoms with E-state index in [-0.39, 0.29) is 5.78 Å². The van der Waals surface area contributed by atoms with Crippen molar-refractivity contribution >= 4 is 11.5 Å². The summed E-state index contributed by atoms with van der Waals surface area (Å²) in [4.78, 5) is 18.6. The van der Waals surface area contributed by atoms with Crippen molar-refractivity contribution < 1.29 is 9.53 Å². The average Bonchev–Trinajstić information content (AvgIpc) is 2.47. The van der Waals surface area contributed by atoms with Gasteiger partial charge in [0.25, 0.3) is 0 Å². The molecule has 0 bridgehead atoms. The zero-order chi connectivity index (χ0) is 16.1. The molecule has 5 heteroatoms. The van der Waals surface area contributed by atoms with Gasteiger partial charge in [-0.3, -0.25) is 4.79 Å². The standard InChI is InChI=1S/C17H27N3O2/c1-14(21)16-6-5-15(22-12-11-18(2)3)13-17(16)20-9-7-19(4)8-10-20/h5-6,13H,7-12H2,1-4H3. The maximum absolute atomic E-state index is 11.9. The predicted molar refractivity (Wildman–Crippen MR) is 90.2 cm³/mol. The Morgan fingerprint density at radius 3 is 2.50 bits per heavy atom. The lowest BCUT2D eigenvalue weighted by molar-refractivity contribution is 0.101. The first kappa shape index (κ1) is 16.8. The topological polar surface area (TPSA) is 36.0 Å². The molecule has 22 heavy (non-hydrogen) atoms. The van der Waals surface area contributed by atoms with Crippen LogP contribution < -0.4 is 9.64 Å². The minimum atomic E-state index is 0.105. The molecular formula is C17H27N3O2. The first-order chi connectivity index (χ1) is 10.5. The smallest absolute Gasteiger partial charge is 0.161 e. The van der Waals surface area contributed by atoms with Crippen molar-refractivity contribution in [3.63, 3.8) is 0 Å². The summed E-state index contributed by atoms with van der Waals surface area (Å²) in [6, 6.07) is 5.80. The molecule has 1 aliphatic heterocycles. The first-order valence-corrected chi connectivity index (χ1v) is 7.83. The summed E-state index contributed by atoms with van der Waals surface area (Å²) in [5, 5.41) is 0. The average molecular weight is 305 g/mol. The summed E-state index contributed by atoms with van der Waals surface area (Å²) in [5.74, 6) is 0.939. The fourth-order valence-corrected chi connectivity index (χ4v) is 2.55. The monoisotopic (exact) mass is 305 g/mol. The van der Waals surface area contributed by atoms with Crippen molar-refractivity contribution in [2.24, 2.45) is 0 Å². The molecule has 1 heterocycles. The molecule has 0 amide bonds. The predicted octanol–water partition coefficient (Wildman–Crippen LogP) is 1.58. The van der Waals surface area contributed by atoms with Gasteiger partial charge in [-0.05, 0) is 40.2 Å². The Balaban J connectivity index is 2.15. The molecule has 122 valence electrons. The van der Waals surface area contributed by atoms with Gasteiger partial charge in [0.15, 0.2) is 5.78 Å². The summed E-state index contributed by atoms with van der Waals surface area (Å²) < 4.78 is 5.81. The molecule has 1 aromatic carbocycles. The Morgan fingerprint density at radius 2 is 1.91 bits per heavy atom. The Bertz CT molecular complexity index is 509. The van der Waals surface area contributed by atoms with Gasteiger partial charge in [-0.1, -0.05) is 0 Å². The molecule has 5 nitrogen and oxygen atoms in total. The van der Waals surface area contributed by atoms with Crippen LogP contribution in [0.1, 0.15) is 17.3 Å². The molecule has 0 spiro atoms. The Hall–Kier alpha value is -1.59. The van der Waals surface area contributed by atoms with Crippen LogP contribution in [0.25, 0.3) is 0 Å². The van der Waals surface area contributed by atoms with Gasteiger partial charge in [-0.15, -0.1) is 0 Å². The highest BCUT2D eigenvalue weighted by molar-refractivity contribution is 6.00. The van der Waals surface area contributed by atoms with Crippen LogP contribution in [-0.2, 0) is 0 Å². The lowest BCUT2D eigenvalue weighted by atomic mass is 10.1. The highest BCUT2D eigenvalue weighted by Gasteiger charge is 2.19.